The van der Waals surface area contributed by atoms with Crippen LogP contribution < -0.4 is 18.9 Å². The van der Waals surface area contributed by atoms with E-state index in [1.165, 1.54) is 132 Å². The van der Waals surface area contributed by atoms with Crippen molar-refractivity contribution in [2.24, 2.45) is 0 Å². The lowest BCUT2D eigenvalue weighted by Gasteiger charge is -2.18. The first kappa shape index (κ1) is 72.3. The predicted molar refractivity (Wildman–Crippen MR) is 473 cm³/mol. The summed E-state index contributed by atoms with van der Waals surface area (Å²) in [4.78, 5) is 0. The van der Waals surface area contributed by atoms with Crippen LogP contribution in [-0.2, 0) is 0 Å². The number of aryl methyl sites for hydroxylation is 4. The Hall–Kier alpha value is -13.3. The molecule has 0 aliphatic rings. The van der Waals surface area contributed by atoms with Gasteiger partial charge in [0.25, 0.3) is 0 Å². The second-order valence-corrected chi connectivity index (χ2v) is 28.1. The zero-order valence-corrected chi connectivity index (χ0v) is 64.1. The van der Waals surface area contributed by atoms with Gasteiger partial charge in [-0.1, -0.05) is 303 Å². The molecule has 0 bridgehead atoms. The fourth-order valence-corrected chi connectivity index (χ4v) is 16.1. The quantitative estimate of drug-likeness (QED) is 0.122. The van der Waals surface area contributed by atoms with Crippen molar-refractivity contribution in [2.75, 3.05) is 28.4 Å². The summed E-state index contributed by atoms with van der Waals surface area (Å²) in [5.41, 5.74) is 22.3. The largest absolute Gasteiger partial charge is 0.496 e. The van der Waals surface area contributed by atoms with Gasteiger partial charge in [0.05, 0.1) is 28.4 Å². The van der Waals surface area contributed by atoms with E-state index in [1.54, 1.807) is 28.4 Å². The Morgan fingerprint density at radius 3 is 0.736 bits per heavy atom. The predicted octanol–water partition coefficient (Wildman–Crippen LogP) is 29.3. The number of ether oxygens (including phenoxy) is 4. The van der Waals surface area contributed by atoms with E-state index in [4.69, 9.17) is 18.9 Å². The second kappa shape index (κ2) is 32.4. The number of rotatable bonds is 12. The van der Waals surface area contributed by atoms with Crippen molar-refractivity contribution in [3.8, 4) is 89.8 Å². The molecule has 18 aromatic rings. The highest BCUT2D eigenvalue weighted by Crippen LogP contribution is 2.49. The van der Waals surface area contributed by atoms with Crippen molar-refractivity contribution in [1.29, 1.82) is 0 Å². The Morgan fingerprint density at radius 2 is 0.427 bits per heavy atom. The summed E-state index contributed by atoms with van der Waals surface area (Å²) in [6, 6.07) is 116. The van der Waals surface area contributed by atoms with Gasteiger partial charge in [-0.25, -0.2) is 0 Å². The maximum atomic E-state index is 5.91. The monoisotopic (exact) mass is 1420 g/mol. The zero-order chi connectivity index (χ0) is 75.8. The first-order chi connectivity index (χ1) is 54.0. The van der Waals surface area contributed by atoms with Gasteiger partial charge < -0.3 is 18.9 Å². The van der Waals surface area contributed by atoms with Crippen molar-refractivity contribution >= 4 is 98.3 Å². The SMILES string of the molecule is C/C=C/c1ccc2c(-c3c(C)ccc4cc(/C=C/C)ccc34)c(C)ccc2c1.COc1ccc2cc(-c3ccccc3)ccc2c1-c1c(OC)ccc2cc(-c3ccccc3)ccc12.COc1ccc2ccccc2c1-c1c(OC)ccc2ccccc12.Cc1ccc2ccccc2c1-c1c(C)ccc2ccccc12. The molecule has 0 unspecified atom stereocenters. The summed E-state index contributed by atoms with van der Waals surface area (Å²) < 4.78 is 23.2. The fraction of sp³-hybridized carbons (Fsp3) is 0.0943. The van der Waals surface area contributed by atoms with Gasteiger partial charge in [0, 0.05) is 22.3 Å². The maximum absolute atomic E-state index is 5.91. The number of hydrogen-bond acceptors (Lipinski definition) is 4. The van der Waals surface area contributed by atoms with Crippen LogP contribution in [-0.4, -0.2) is 28.4 Å². The van der Waals surface area contributed by atoms with Crippen molar-refractivity contribution in [3.05, 3.63) is 373 Å². The highest BCUT2D eigenvalue weighted by molar-refractivity contribution is 6.14. The van der Waals surface area contributed by atoms with Gasteiger partial charge >= 0.3 is 0 Å². The van der Waals surface area contributed by atoms with Crippen molar-refractivity contribution in [1.82, 2.24) is 0 Å². The van der Waals surface area contributed by atoms with Gasteiger partial charge in [0.2, 0.25) is 0 Å². The number of allylic oxidation sites excluding steroid dienone is 2. The van der Waals surface area contributed by atoms with E-state index in [0.29, 0.717) is 0 Å². The smallest absolute Gasteiger partial charge is 0.127 e. The minimum atomic E-state index is 0.827. The summed E-state index contributed by atoms with van der Waals surface area (Å²) in [5.74, 6) is 3.35. The van der Waals surface area contributed by atoms with Crippen LogP contribution in [0.3, 0.4) is 0 Å². The summed E-state index contributed by atoms with van der Waals surface area (Å²) in [7, 11) is 6.89. The molecule has 4 heteroatoms. The number of hydrogen-bond donors (Lipinski definition) is 0. The molecule has 0 saturated carbocycles. The molecule has 0 aliphatic heterocycles. The van der Waals surface area contributed by atoms with Crippen LogP contribution in [0.4, 0.5) is 0 Å². The molecule has 536 valence electrons. The fourth-order valence-electron chi connectivity index (χ4n) is 16.1. The van der Waals surface area contributed by atoms with Crippen LogP contribution in [0.25, 0.3) is 165 Å². The van der Waals surface area contributed by atoms with Crippen LogP contribution in [0.15, 0.2) is 340 Å². The van der Waals surface area contributed by atoms with Crippen LogP contribution in [0.2, 0.25) is 0 Å². The van der Waals surface area contributed by atoms with Crippen LogP contribution in [0.1, 0.15) is 47.2 Å². The molecule has 0 fully saturated rings. The van der Waals surface area contributed by atoms with Crippen molar-refractivity contribution in [2.45, 2.75) is 41.5 Å². The maximum Gasteiger partial charge on any atom is 0.127 e. The zero-order valence-electron chi connectivity index (χ0n) is 64.1. The first-order valence-corrected chi connectivity index (χ1v) is 37.7. The molecule has 0 atom stereocenters. The lowest BCUT2D eigenvalue weighted by molar-refractivity contribution is 0.411. The molecule has 110 heavy (non-hydrogen) atoms. The van der Waals surface area contributed by atoms with Gasteiger partial charge in [0.1, 0.15) is 23.0 Å². The Labute approximate surface area is 646 Å². The molecule has 18 aromatic carbocycles. The Kier molecular flexibility index (Phi) is 21.3. The van der Waals surface area contributed by atoms with E-state index in [9.17, 15) is 0 Å². The highest BCUT2D eigenvalue weighted by atomic mass is 16.5. The van der Waals surface area contributed by atoms with Crippen LogP contribution in [0.5, 0.6) is 23.0 Å². The first-order valence-electron chi connectivity index (χ1n) is 37.7. The van der Waals surface area contributed by atoms with Gasteiger partial charge in [-0.05, 0) is 254 Å². The molecule has 0 heterocycles. The lowest BCUT2D eigenvalue weighted by atomic mass is 9.87. The van der Waals surface area contributed by atoms with Crippen molar-refractivity contribution in [3.63, 3.8) is 0 Å². The Morgan fingerprint density at radius 1 is 0.191 bits per heavy atom. The minimum Gasteiger partial charge on any atom is -0.496 e. The minimum absolute atomic E-state index is 0.827. The Balaban J connectivity index is 0.000000119. The third-order valence-corrected chi connectivity index (χ3v) is 21.3. The van der Waals surface area contributed by atoms with E-state index in [-0.39, 0.29) is 0 Å². The van der Waals surface area contributed by atoms with E-state index >= 15 is 0 Å². The molecule has 0 saturated heterocycles. The topological polar surface area (TPSA) is 36.9 Å². The average Bonchev–Trinajstić information content (AvgIpc) is 0.760. The van der Waals surface area contributed by atoms with Crippen molar-refractivity contribution < 1.29 is 18.9 Å². The second-order valence-electron chi connectivity index (χ2n) is 28.1. The van der Waals surface area contributed by atoms with E-state index in [1.807, 2.05) is 24.3 Å². The third kappa shape index (κ3) is 14.4. The molecular formula is C106H88O4. The van der Waals surface area contributed by atoms with Crippen LogP contribution in [0, 0.1) is 27.7 Å². The Bertz CT molecular complexity index is 6120. The third-order valence-electron chi connectivity index (χ3n) is 21.3. The summed E-state index contributed by atoms with van der Waals surface area (Å²) in [5, 5.41) is 19.8. The lowest BCUT2D eigenvalue weighted by Crippen LogP contribution is -1.95. The molecule has 0 amide bonds. The summed E-state index contributed by atoms with van der Waals surface area (Å²) in [6.45, 7) is 13.0. The average molecular weight is 1430 g/mol. The molecule has 0 radical (unpaired) electrons. The van der Waals surface area contributed by atoms with Gasteiger partial charge in [-0.2, -0.15) is 0 Å². The molecule has 0 spiro atoms. The normalized spacial score (nSPS) is 11.3. The van der Waals surface area contributed by atoms with E-state index in [2.05, 4.69) is 369 Å². The molecule has 0 aromatic heterocycles. The highest BCUT2D eigenvalue weighted by Gasteiger charge is 2.22. The van der Waals surface area contributed by atoms with E-state index < -0.39 is 0 Å². The van der Waals surface area contributed by atoms with Gasteiger partial charge in [-0.3, -0.25) is 0 Å². The molecular weight excluding hydrogens is 1340 g/mol. The molecule has 4 nitrogen and oxygen atoms in total. The standard InChI is InChI=1S/C34H26O2.C28H26.C22H18O2.C22H18/c1-35-31-19-15-27-21-25(23-9-5-3-6-10-23)13-17-29(27)33(31)34-30-18-14-26(24-11-7-4-8-12-24)22-28(30)16-20-32(34)36-2;1-5-7-21-11-15-25-23(17-21)13-9-19(3)27(25)28-20(4)10-14-24-18-22(8-6-2)12-16-26(24)28;1-23-19-13-11-15-7-3-5-9-17(15)21(19)22-18-10-6-4-8-16(18)12-14-20(22)24-2;1-15-11-13-17-7-3-5-9-19(17)21(15)22-16(2)12-14-18-8-4-6-10-20(18)22/h3-22H,1-2H3;5-18H,1-4H3;3-14H,1-2H3;3-14H,1-2H3/b;7-5+,8-6+;;. The number of benzene rings is 18. The molecule has 18 rings (SSSR count). The summed E-state index contributed by atoms with van der Waals surface area (Å²) >= 11 is 0. The van der Waals surface area contributed by atoms with Gasteiger partial charge in [0.15, 0.2) is 0 Å². The molecule has 0 aliphatic carbocycles. The van der Waals surface area contributed by atoms with E-state index in [0.717, 1.165) is 77.6 Å². The van der Waals surface area contributed by atoms with Gasteiger partial charge in [-0.15, -0.1) is 0 Å². The number of methoxy groups -OCH3 is 4. The van der Waals surface area contributed by atoms with Crippen LogP contribution >= 0.6 is 0 Å². The summed E-state index contributed by atoms with van der Waals surface area (Å²) in [6.07, 6.45) is 8.50. The number of fused-ring (bicyclic) bond motifs is 8. The molecule has 0 N–H and O–H groups in total.